The molecule has 1 atom stereocenters. The minimum absolute atomic E-state index is 0.0610. The molecule has 0 aromatic heterocycles. The van der Waals surface area contributed by atoms with E-state index in [9.17, 15) is 24.6 Å². The fraction of sp³-hybridized carbons (Fsp3) is 0.250. The van der Waals surface area contributed by atoms with Gasteiger partial charge in [-0.15, -0.1) is 0 Å². The van der Waals surface area contributed by atoms with Gasteiger partial charge in [-0.3, -0.25) is 9.69 Å². The molecule has 6 nitrogen and oxygen atoms in total. The lowest BCUT2D eigenvalue weighted by Crippen LogP contribution is -2.50. The zero-order valence-corrected chi connectivity index (χ0v) is 14.3. The highest BCUT2D eigenvalue weighted by Crippen LogP contribution is 2.34. The summed E-state index contributed by atoms with van der Waals surface area (Å²) < 4.78 is 0.0610. The number of aliphatic carboxylic acids is 2. The van der Waals surface area contributed by atoms with Gasteiger partial charge >= 0.3 is 0 Å². The van der Waals surface area contributed by atoms with E-state index in [4.69, 9.17) is 12.2 Å². The van der Waals surface area contributed by atoms with E-state index in [2.05, 4.69) is 0 Å². The molecular formula is C16H13NO5S2-2. The number of carboxylic acid groups (broad SMARTS) is 2. The van der Waals surface area contributed by atoms with Gasteiger partial charge in [0.2, 0.25) is 0 Å². The molecule has 0 saturated carbocycles. The van der Waals surface area contributed by atoms with Crippen molar-refractivity contribution in [1.82, 2.24) is 4.90 Å². The lowest BCUT2D eigenvalue weighted by atomic mass is 10.1. The van der Waals surface area contributed by atoms with Crippen molar-refractivity contribution in [2.24, 2.45) is 0 Å². The Bertz CT molecular complexity index is 726. The van der Waals surface area contributed by atoms with E-state index in [-0.39, 0.29) is 15.6 Å². The maximum atomic E-state index is 12.5. The van der Waals surface area contributed by atoms with E-state index >= 15 is 0 Å². The first kappa shape index (κ1) is 18.2. The van der Waals surface area contributed by atoms with Crippen LogP contribution in [-0.4, -0.2) is 33.1 Å². The zero-order valence-electron chi connectivity index (χ0n) is 12.7. The second kappa shape index (κ2) is 7.59. The van der Waals surface area contributed by atoms with Crippen LogP contribution in [-0.2, 0) is 14.4 Å². The van der Waals surface area contributed by atoms with Crippen LogP contribution in [0.15, 0.2) is 29.2 Å². The van der Waals surface area contributed by atoms with Crippen molar-refractivity contribution in [3.63, 3.8) is 0 Å². The van der Waals surface area contributed by atoms with Crippen LogP contribution in [0.4, 0.5) is 0 Å². The lowest BCUT2D eigenvalue weighted by Gasteiger charge is -2.27. The molecule has 0 aliphatic carbocycles. The summed E-state index contributed by atoms with van der Waals surface area (Å²) in [4.78, 5) is 35.5. The maximum Gasteiger partial charge on any atom is 0.266 e. The minimum Gasteiger partial charge on any atom is -0.550 e. The smallest absolute Gasteiger partial charge is 0.266 e. The van der Waals surface area contributed by atoms with E-state index < -0.39 is 30.3 Å². The second-order valence-electron chi connectivity index (χ2n) is 5.21. The highest BCUT2D eigenvalue weighted by Gasteiger charge is 2.37. The van der Waals surface area contributed by atoms with Gasteiger partial charge < -0.3 is 19.8 Å². The normalized spacial score (nSPS) is 17.4. The summed E-state index contributed by atoms with van der Waals surface area (Å²) in [5.41, 5.74) is 1.85. The van der Waals surface area contributed by atoms with Gasteiger partial charge in [0.25, 0.3) is 5.91 Å². The molecule has 0 bridgehead atoms. The van der Waals surface area contributed by atoms with Crippen LogP contribution < -0.4 is 10.2 Å². The third-order valence-electron chi connectivity index (χ3n) is 3.40. The highest BCUT2D eigenvalue weighted by molar-refractivity contribution is 8.26. The summed E-state index contributed by atoms with van der Waals surface area (Å²) in [6.45, 7) is 1.94. The molecule has 1 aromatic rings. The van der Waals surface area contributed by atoms with Crippen molar-refractivity contribution in [2.75, 3.05) is 0 Å². The summed E-state index contributed by atoms with van der Waals surface area (Å²) in [6, 6.07) is 5.99. The Hall–Kier alpha value is -2.19. The standard InChI is InChI=1S/C16H15NO5S2/c1-9-2-4-10(5-3-9)8-12-14(20)17(16(23)24-12)11(15(21)22)6-7-13(18)19/h2-5,8,11H,6-7H2,1H3,(H,18,19)(H,21,22)/p-2/b12-8+/t11-/m1/s1. The van der Waals surface area contributed by atoms with E-state index in [0.29, 0.717) is 0 Å². The van der Waals surface area contributed by atoms with Crippen molar-refractivity contribution in [3.8, 4) is 0 Å². The van der Waals surface area contributed by atoms with E-state index in [0.717, 1.165) is 27.8 Å². The number of rotatable bonds is 6. The van der Waals surface area contributed by atoms with Gasteiger partial charge in [0.1, 0.15) is 4.32 Å². The van der Waals surface area contributed by atoms with Crippen LogP contribution in [0.1, 0.15) is 24.0 Å². The molecule has 0 spiro atoms. The fourth-order valence-corrected chi connectivity index (χ4v) is 3.53. The number of thioether (sulfide) groups is 1. The SMILES string of the molecule is Cc1ccc(/C=C2/SC(=S)N([C@H](CCC(=O)[O-])C(=O)[O-])C2=O)cc1. The van der Waals surface area contributed by atoms with Crippen LogP contribution in [0.2, 0.25) is 0 Å². The number of hydrogen-bond donors (Lipinski definition) is 0. The molecule has 0 unspecified atom stereocenters. The van der Waals surface area contributed by atoms with E-state index in [1.54, 1.807) is 6.08 Å². The number of hydrogen-bond acceptors (Lipinski definition) is 7. The van der Waals surface area contributed by atoms with Gasteiger partial charge in [-0.2, -0.15) is 0 Å². The van der Waals surface area contributed by atoms with Gasteiger partial charge in [-0.25, -0.2) is 0 Å². The number of thiocarbonyl (C=S) groups is 1. The van der Waals surface area contributed by atoms with Crippen LogP contribution in [0.25, 0.3) is 6.08 Å². The third kappa shape index (κ3) is 4.21. The number of carbonyl (C=O) groups is 3. The average molecular weight is 363 g/mol. The van der Waals surface area contributed by atoms with Crippen LogP contribution in [0.5, 0.6) is 0 Å². The number of carbonyl (C=O) groups excluding carboxylic acids is 3. The summed E-state index contributed by atoms with van der Waals surface area (Å²) >= 11 is 6.06. The first-order valence-electron chi connectivity index (χ1n) is 7.04. The Balaban J connectivity index is 2.24. The summed E-state index contributed by atoms with van der Waals surface area (Å²) in [7, 11) is 0. The molecule has 1 heterocycles. The van der Waals surface area contributed by atoms with E-state index in [1.165, 1.54) is 0 Å². The lowest BCUT2D eigenvalue weighted by molar-refractivity contribution is -0.311. The average Bonchev–Trinajstić information content (AvgIpc) is 2.77. The fourth-order valence-electron chi connectivity index (χ4n) is 2.17. The van der Waals surface area contributed by atoms with Gasteiger partial charge in [0.05, 0.1) is 16.9 Å². The van der Waals surface area contributed by atoms with Crippen LogP contribution in [0.3, 0.4) is 0 Å². The molecule has 8 heteroatoms. The first-order chi connectivity index (χ1) is 11.3. The quantitative estimate of drug-likeness (QED) is 0.511. The highest BCUT2D eigenvalue weighted by atomic mass is 32.2. The summed E-state index contributed by atoms with van der Waals surface area (Å²) in [6.07, 6.45) is 0.783. The molecule has 0 N–H and O–H groups in total. The summed E-state index contributed by atoms with van der Waals surface area (Å²) in [5, 5.41) is 21.8. The van der Waals surface area contributed by atoms with Crippen molar-refractivity contribution in [1.29, 1.82) is 0 Å². The number of benzene rings is 1. The molecule has 1 aliphatic heterocycles. The topological polar surface area (TPSA) is 101 Å². The monoisotopic (exact) mass is 363 g/mol. The molecule has 1 aliphatic rings. The Morgan fingerprint density at radius 2 is 1.92 bits per heavy atom. The molecule has 1 aromatic carbocycles. The van der Waals surface area contributed by atoms with Crippen molar-refractivity contribution >= 4 is 52.2 Å². The Morgan fingerprint density at radius 1 is 1.29 bits per heavy atom. The van der Waals surface area contributed by atoms with Gasteiger partial charge in [0, 0.05) is 5.97 Å². The van der Waals surface area contributed by atoms with Crippen LogP contribution >= 0.6 is 24.0 Å². The molecule has 126 valence electrons. The minimum atomic E-state index is -1.55. The second-order valence-corrected chi connectivity index (χ2v) is 6.88. The molecule has 2 rings (SSSR count). The molecule has 1 fully saturated rings. The molecule has 24 heavy (non-hydrogen) atoms. The van der Waals surface area contributed by atoms with Crippen molar-refractivity contribution in [3.05, 3.63) is 40.3 Å². The van der Waals surface area contributed by atoms with Gasteiger partial charge in [0.15, 0.2) is 0 Å². The summed E-state index contributed by atoms with van der Waals surface area (Å²) in [5.74, 6) is -3.52. The third-order valence-corrected chi connectivity index (χ3v) is 4.73. The molecule has 1 amide bonds. The van der Waals surface area contributed by atoms with E-state index in [1.807, 2.05) is 31.2 Å². The van der Waals surface area contributed by atoms with Crippen molar-refractivity contribution in [2.45, 2.75) is 25.8 Å². The predicted octanol–water partition coefficient (Wildman–Crippen LogP) is -0.155. The number of aryl methyl sites for hydroxylation is 1. The number of amides is 1. The largest absolute Gasteiger partial charge is 0.550 e. The first-order valence-corrected chi connectivity index (χ1v) is 8.26. The van der Waals surface area contributed by atoms with Crippen molar-refractivity contribution < 1.29 is 24.6 Å². The molecule has 1 saturated heterocycles. The van der Waals surface area contributed by atoms with Crippen LogP contribution in [0, 0.1) is 6.92 Å². The number of carboxylic acids is 2. The van der Waals surface area contributed by atoms with Gasteiger partial charge in [-0.05, 0) is 31.4 Å². The Kier molecular flexibility index (Phi) is 5.74. The molecule has 0 radical (unpaired) electrons. The maximum absolute atomic E-state index is 12.5. The Labute approximate surface area is 148 Å². The predicted molar refractivity (Wildman–Crippen MR) is 89.2 cm³/mol. The number of nitrogens with zero attached hydrogens (tertiary/aromatic N) is 1. The molecular weight excluding hydrogens is 350 g/mol. The Morgan fingerprint density at radius 3 is 2.46 bits per heavy atom. The van der Waals surface area contributed by atoms with Gasteiger partial charge in [-0.1, -0.05) is 53.8 Å². The zero-order chi connectivity index (χ0) is 17.9.